The van der Waals surface area contributed by atoms with Crippen molar-refractivity contribution >= 4 is 34.3 Å². The summed E-state index contributed by atoms with van der Waals surface area (Å²) in [5.74, 6) is 0.192. The highest BCUT2D eigenvalue weighted by Crippen LogP contribution is 2.25. The van der Waals surface area contributed by atoms with Crippen molar-refractivity contribution in [1.82, 2.24) is 10.7 Å². The van der Waals surface area contributed by atoms with Gasteiger partial charge in [-0.3, -0.25) is 5.43 Å². The number of nitrogens with one attached hydrogen (secondary N) is 2. The zero-order valence-electron chi connectivity index (χ0n) is 11.4. The maximum Gasteiger partial charge on any atom is 0.187 e. The molecule has 0 spiro atoms. The van der Waals surface area contributed by atoms with Crippen molar-refractivity contribution in [2.75, 3.05) is 0 Å². The maximum absolute atomic E-state index is 9.95. The Morgan fingerprint density at radius 1 is 1.25 bits per heavy atom. The molecule has 0 saturated heterocycles. The van der Waals surface area contributed by atoms with E-state index in [4.69, 9.17) is 12.2 Å². The van der Waals surface area contributed by atoms with E-state index in [-0.39, 0.29) is 11.8 Å². The van der Waals surface area contributed by atoms with Crippen LogP contribution in [0, 0.1) is 0 Å². The minimum atomic E-state index is 0.192. The van der Waals surface area contributed by atoms with E-state index in [0.717, 1.165) is 10.8 Å². The molecule has 0 bridgehead atoms. The van der Waals surface area contributed by atoms with Gasteiger partial charge in [-0.05, 0) is 42.9 Å². The van der Waals surface area contributed by atoms with Gasteiger partial charge in [0.1, 0.15) is 5.75 Å². The molecule has 0 heterocycles. The third-order valence-corrected chi connectivity index (χ3v) is 2.94. The Balaban J connectivity index is 2.21. The van der Waals surface area contributed by atoms with Crippen LogP contribution in [0.2, 0.25) is 0 Å². The van der Waals surface area contributed by atoms with E-state index in [1.165, 1.54) is 0 Å². The van der Waals surface area contributed by atoms with Crippen molar-refractivity contribution in [3.8, 4) is 5.75 Å². The summed E-state index contributed by atoms with van der Waals surface area (Å²) in [7, 11) is 0. The molecule has 4 nitrogen and oxygen atoms in total. The van der Waals surface area contributed by atoms with Crippen LogP contribution < -0.4 is 10.7 Å². The maximum atomic E-state index is 9.95. The number of phenolic OH excluding ortho intramolecular Hbond substituents is 1. The summed E-state index contributed by atoms with van der Waals surface area (Å²) < 4.78 is 0. The number of thiocarbonyl (C=S) groups is 1. The SMILES string of the molecule is CC(C)NC(=S)N/N=C/c1c(O)ccc2ccccc12. The molecule has 3 N–H and O–H groups in total. The molecule has 2 aromatic rings. The molecule has 5 heteroatoms. The largest absolute Gasteiger partial charge is 0.507 e. The molecular weight excluding hydrogens is 270 g/mol. The topological polar surface area (TPSA) is 56.7 Å². The minimum absolute atomic E-state index is 0.192. The van der Waals surface area contributed by atoms with Crippen molar-refractivity contribution in [2.45, 2.75) is 19.9 Å². The molecular formula is C15H17N3OS. The van der Waals surface area contributed by atoms with E-state index in [9.17, 15) is 5.11 Å². The Labute approximate surface area is 123 Å². The lowest BCUT2D eigenvalue weighted by Gasteiger charge is -2.09. The van der Waals surface area contributed by atoms with E-state index in [1.807, 2.05) is 44.2 Å². The Morgan fingerprint density at radius 2 is 2.00 bits per heavy atom. The number of nitrogens with zero attached hydrogens (tertiary/aromatic N) is 1. The quantitative estimate of drug-likeness (QED) is 0.461. The van der Waals surface area contributed by atoms with Crippen LogP contribution >= 0.6 is 12.2 Å². The Morgan fingerprint density at radius 3 is 2.75 bits per heavy atom. The van der Waals surface area contributed by atoms with Gasteiger partial charge in [0.05, 0.1) is 6.21 Å². The average Bonchev–Trinajstić information content (AvgIpc) is 2.40. The molecule has 2 aromatic carbocycles. The van der Waals surface area contributed by atoms with Crippen LogP contribution in [-0.2, 0) is 0 Å². The standard InChI is InChI=1S/C15H17N3OS/c1-10(2)17-15(20)18-16-9-13-12-6-4-3-5-11(12)7-8-14(13)19/h3-10,19H,1-2H3,(H2,17,18,20)/b16-9+. The molecule has 0 aliphatic heterocycles. The predicted octanol–water partition coefficient (Wildman–Crippen LogP) is 2.75. The number of benzene rings is 2. The molecule has 0 aliphatic carbocycles. The fourth-order valence-corrected chi connectivity index (χ4v) is 2.16. The Hall–Kier alpha value is -2.14. The van der Waals surface area contributed by atoms with Crippen molar-refractivity contribution in [1.29, 1.82) is 0 Å². The van der Waals surface area contributed by atoms with Gasteiger partial charge in [0, 0.05) is 11.6 Å². The number of hydrazone groups is 1. The molecule has 0 aromatic heterocycles. The van der Waals surface area contributed by atoms with Gasteiger partial charge in [-0.15, -0.1) is 0 Å². The third-order valence-electron chi connectivity index (χ3n) is 2.73. The third kappa shape index (κ3) is 3.45. The first-order valence-corrected chi connectivity index (χ1v) is 6.79. The van der Waals surface area contributed by atoms with Gasteiger partial charge in [-0.2, -0.15) is 5.10 Å². The van der Waals surface area contributed by atoms with E-state index in [1.54, 1.807) is 12.3 Å². The molecule has 104 valence electrons. The first-order chi connectivity index (χ1) is 9.58. The second-order valence-corrected chi connectivity index (χ2v) is 5.13. The molecule has 0 fully saturated rings. The van der Waals surface area contributed by atoms with E-state index in [0.29, 0.717) is 10.7 Å². The van der Waals surface area contributed by atoms with Gasteiger partial charge in [0.25, 0.3) is 0 Å². The van der Waals surface area contributed by atoms with Gasteiger partial charge in [-0.1, -0.05) is 30.3 Å². The lowest BCUT2D eigenvalue weighted by atomic mass is 10.0. The van der Waals surface area contributed by atoms with Crippen molar-refractivity contribution in [3.63, 3.8) is 0 Å². The highest BCUT2D eigenvalue weighted by molar-refractivity contribution is 7.80. The summed E-state index contributed by atoms with van der Waals surface area (Å²) in [6.45, 7) is 3.99. The molecule has 0 unspecified atom stereocenters. The fraction of sp³-hybridized carbons (Fsp3) is 0.200. The monoisotopic (exact) mass is 287 g/mol. The number of fused-ring (bicyclic) bond motifs is 1. The predicted molar refractivity (Wildman–Crippen MR) is 87.2 cm³/mol. The van der Waals surface area contributed by atoms with Crippen molar-refractivity contribution in [2.24, 2.45) is 5.10 Å². The van der Waals surface area contributed by atoms with Crippen LogP contribution in [0.5, 0.6) is 5.75 Å². The number of hydrogen-bond donors (Lipinski definition) is 3. The normalized spacial score (nSPS) is 11.2. The first-order valence-electron chi connectivity index (χ1n) is 6.38. The average molecular weight is 287 g/mol. The lowest BCUT2D eigenvalue weighted by Crippen LogP contribution is -2.36. The molecule has 2 rings (SSSR count). The van der Waals surface area contributed by atoms with E-state index >= 15 is 0 Å². The summed E-state index contributed by atoms with van der Waals surface area (Å²) in [6.07, 6.45) is 1.58. The summed E-state index contributed by atoms with van der Waals surface area (Å²) in [5, 5.41) is 19.5. The van der Waals surface area contributed by atoms with E-state index < -0.39 is 0 Å². The zero-order valence-corrected chi connectivity index (χ0v) is 12.2. The zero-order chi connectivity index (χ0) is 14.5. The van der Waals surface area contributed by atoms with Crippen LogP contribution in [0.1, 0.15) is 19.4 Å². The smallest absolute Gasteiger partial charge is 0.187 e. The van der Waals surface area contributed by atoms with Gasteiger partial charge >= 0.3 is 0 Å². The number of hydrogen-bond acceptors (Lipinski definition) is 3. The van der Waals surface area contributed by atoms with E-state index in [2.05, 4.69) is 15.8 Å². The summed E-state index contributed by atoms with van der Waals surface area (Å²) in [5.41, 5.74) is 3.40. The van der Waals surface area contributed by atoms with Crippen LogP contribution in [0.15, 0.2) is 41.5 Å². The van der Waals surface area contributed by atoms with Crippen LogP contribution in [0.3, 0.4) is 0 Å². The lowest BCUT2D eigenvalue weighted by molar-refractivity contribution is 0.475. The second-order valence-electron chi connectivity index (χ2n) is 4.72. The molecule has 20 heavy (non-hydrogen) atoms. The first kappa shape index (κ1) is 14.3. The number of phenols is 1. The van der Waals surface area contributed by atoms with Gasteiger partial charge in [-0.25, -0.2) is 0 Å². The molecule has 0 atom stereocenters. The van der Waals surface area contributed by atoms with Gasteiger partial charge in [0.2, 0.25) is 0 Å². The van der Waals surface area contributed by atoms with Crippen molar-refractivity contribution in [3.05, 3.63) is 42.0 Å². The van der Waals surface area contributed by atoms with Crippen LogP contribution in [0.4, 0.5) is 0 Å². The minimum Gasteiger partial charge on any atom is -0.507 e. The molecule has 0 radical (unpaired) electrons. The Bertz CT molecular complexity index is 653. The highest BCUT2D eigenvalue weighted by atomic mass is 32.1. The van der Waals surface area contributed by atoms with Crippen LogP contribution in [-0.4, -0.2) is 22.5 Å². The summed E-state index contributed by atoms with van der Waals surface area (Å²) >= 11 is 5.08. The summed E-state index contributed by atoms with van der Waals surface area (Å²) in [6, 6.07) is 11.6. The Kier molecular flexibility index (Phi) is 4.53. The fourth-order valence-electron chi connectivity index (χ4n) is 1.87. The highest BCUT2D eigenvalue weighted by Gasteiger charge is 2.04. The number of aromatic hydroxyl groups is 1. The molecule has 0 aliphatic rings. The molecule has 0 saturated carbocycles. The second kappa shape index (κ2) is 6.34. The number of rotatable bonds is 3. The molecule has 0 amide bonds. The van der Waals surface area contributed by atoms with Crippen LogP contribution in [0.25, 0.3) is 10.8 Å². The summed E-state index contributed by atoms with van der Waals surface area (Å²) in [4.78, 5) is 0. The van der Waals surface area contributed by atoms with Crippen molar-refractivity contribution < 1.29 is 5.11 Å². The van der Waals surface area contributed by atoms with Gasteiger partial charge < -0.3 is 10.4 Å². The van der Waals surface area contributed by atoms with Gasteiger partial charge in [0.15, 0.2) is 5.11 Å².